The van der Waals surface area contributed by atoms with Crippen LogP contribution in [0.2, 0.25) is 10.0 Å². The summed E-state index contributed by atoms with van der Waals surface area (Å²) in [6.07, 6.45) is 3.72. The molecule has 0 aromatic heterocycles. The number of nitrogens with zero attached hydrogens (tertiary/aromatic N) is 2. The summed E-state index contributed by atoms with van der Waals surface area (Å²) in [5, 5.41) is 21.4. The Labute approximate surface area is 152 Å². The van der Waals surface area contributed by atoms with Gasteiger partial charge in [0, 0.05) is 12.1 Å². The molecule has 0 aliphatic heterocycles. The minimum absolute atomic E-state index is 0.0330. The lowest BCUT2D eigenvalue weighted by molar-refractivity contribution is -0.385. The second-order valence-corrected chi connectivity index (χ2v) is 5.29. The number of rotatable bonds is 4. The molecular formula is C16H12Cl2N2O5. The van der Waals surface area contributed by atoms with E-state index >= 15 is 0 Å². The molecule has 9 heteroatoms. The molecule has 0 saturated carbocycles. The first-order valence-corrected chi connectivity index (χ1v) is 7.52. The molecule has 0 bridgehead atoms. The summed E-state index contributed by atoms with van der Waals surface area (Å²) in [4.78, 5) is 30.2. The number of halogens is 2. The SMILES string of the molecule is C/C=C/c1c(Cl)cccc1[N+](=O)[O-].O=Cc1c(Cl)cccc1[N+](=O)[O-]. The first kappa shape index (κ1) is 20.3. The molecule has 0 spiro atoms. The van der Waals surface area contributed by atoms with E-state index in [-0.39, 0.29) is 22.0 Å². The quantitative estimate of drug-likeness (QED) is 0.403. The van der Waals surface area contributed by atoms with Gasteiger partial charge in [-0.3, -0.25) is 25.0 Å². The van der Waals surface area contributed by atoms with Gasteiger partial charge in [-0.1, -0.05) is 47.5 Å². The van der Waals surface area contributed by atoms with E-state index in [2.05, 4.69) is 0 Å². The van der Waals surface area contributed by atoms with Crippen LogP contribution in [0, 0.1) is 20.2 Å². The molecule has 0 aliphatic rings. The van der Waals surface area contributed by atoms with E-state index in [0.29, 0.717) is 16.9 Å². The third-order valence-electron chi connectivity index (χ3n) is 2.90. The van der Waals surface area contributed by atoms with E-state index in [9.17, 15) is 25.0 Å². The summed E-state index contributed by atoms with van der Waals surface area (Å²) in [7, 11) is 0. The summed E-state index contributed by atoms with van der Waals surface area (Å²) < 4.78 is 0. The Morgan fingerprint density at radius 1 is 0.880 bits per heavy atom. The van der Waals surface area contributed by atoms with Gasteiger partial charge in [0.1, 0.15) is 5.56 Å². The maximum absolute atomic E-state index is 10.6. The molecule has 2 aromatic rings. The number of carbonyl (C=O) groups excluding carboxylic acids is 1. The standard InChI is InChI=1S/C9H8ClNO2.C7H4ClNO3/c1-2-4-7-8(10)5-3-6-9(7)11(12)13;8-6-2-1-3-7(9(11)12)5(6)4-10/h2-6H,1H3;1-4H/b4-2+;. The minimum atomic E-state index is -0.643. The van der Waals surface area contributed by atoms with E-state index in [4.69, 9.17) is 23.2 Å². The van der Waals surface area contributed by atoms with Gasteiger partial charge in [0.15, 0.2) is 6.29 Å². The van der Waals surface area contributed by atoms with Crippen molar-refractivity contribution in [2.45, 2.75) is 6.92 Å². The number of allylic oxidation sites excluding steroid dienone is 1. The third kappa shape index (κ3) is 5.37. The van der Waals surface area contributed by atoms with E-state index in [0.717, 1.165) is 0 Å². The number of nitro benzene ring substituents is 2. The molecule has 0 N–H and O–H groups in total. The molecule has 0 heterocycles. The van der Waals surface area contributed by atoms with Gasteiger partial charge in [0.2, 0.25) is 0 Å². The Balaban J connectivity index is 0.000000251. The Kier molecular flexibility index (Phi) is 7.71. The fourth-order valence-corrected chi connectivity index (χ4v) is 2.26. The van der Waals surface area contributed by atoms with E-state index in [1.54, 1.807) is 31.2 Å². The van der Waals surface area contributed by atoms with Crippen LogP contribution in [0.4, 0.5) is 11.4 Å². The Hall–Kier alpha value is -2.77. The monoisotopic (exact) mass is 382 g/mol. The van der Waals surface area contributed by atoms with Crippen LogP contribution < -0.4 is 0 Å². The third-order valence-corrected chi connectivity index (χ3v) is 3.56. The average Bonchev–Trinajstić information content (AvgIpc) is 2.57. The summed E-state index contributed by atoms with van der Waals surface area (Å²) in [5.74, 6) is 0. The lowest BCUT2D eigenvalue weighted by Gasteiger charge is -1.98. The highest BCUT2D eigenvalue weighted by Gasteiger charge is 2.15. The van der Waals surface area contributed by atoms with E-state index in [1.165, 1.54) is 24.3 Å². The summed E-state index contributed by atoms with van der Waals surface area (Å²) in [6.45, 7) is 1.78. The number of benzene rings is 2. The first-order valence-electron chi connectivity index (χ1n) is 6.77. The fraction of sp³-hybridized carbons (Fsp3) is 0.0625. The highest BCUT2D eigenvalue weighted by Crippen LogP contribution is 2.27. The van der Waals surface area contributed by atoms with Crippen molar-refractivity contribution in [1.29, 1.82) is 0 Å². The molecular weight excluding hydrogens is 371 g/mol. The van der Waals surface area contributed by atoms with Gasteiger partial charge in [0.05, 0.1) is 25.5 Å². The van der Waals surface area contributed by atoms with Crippen molar-refractivity contribution < 1.29 is 14.6 Å². The van der Waals surface area contributed by atoms with Crippen molar-refractivity contribution in [3.8, 4) is 0 Å². The number of hydrogen-bond acceptors (Lipinski definition) is 5. The van der Waals surface area contributed by atoms with Crippen LogP contribution in [0.15, 0.2) is 42.5 Å². The number of carbonyl (C=O) groups is 1. The maximum Gasteiger partial charge on any atom is 0.281 e. The molecule has 25 heavy (non-hydrogen) atoms. The number of aldehydes is 1. The van der Waals surface area contributed by atoms with Crippen LogP contribution in [0.5, 0.6) is 0 Å². The fourth-order valence-electron chi connectivity index (χ4n) is 1.82. The zero-order valence-corrected chi connectivity index (χ0v) is 14.4. The Morgan fingerprint density at radius 2 is 1.32 bits per heavy atom. The second kappa shape index (κ2) is 9.51. The molecule has 130 valence electrons. The van der Waals surface area contributed by atoms with Crippen molar-refractivity contribution >= 4 is 46.9 Å². The van der Waals surface area contributed by atoms with Crippen LogP contribution in [0.25, 0.3) is 6.08 Å². The molecule has 0 saturated heterocycles. The van der Waals surface area contributed by atoms with Crippen molar-refractivity contribution in [1.82, 2.24) is 0 Å². The summed E-state index contributed by atoms with van der Waals surface area (Å²) in [6, 6.07) is 8.71. The molecule has 7 nitrogen and oxygen atoms in total. The normalized spacial score (nSPS) is 10.0. The van der Waals surface area contributed by atoms with Crippen LogP contribution >= 0.6 is 23.2 Å². The molecule has 0 amide bonds. The number of hydrogen-bond donors (Lipinski definition) is 0. The van der Waals surface area contributed by atoms with E-state index in [1.807, 2.05) is 0 Å². The Morgan fingerprint density at radius 3 is 1.68 bits per heavy atom. The predicted octanol–water partition coefficient (Wildman–Crippen LogP) is 5.34. The van der Waals surface area contributed by atoms with Crippen LogP contribution in [0.3, 0.4) is 0 Å². The van der Waals surface area contributed by atoms with Gasteiger partial charge in [-0.05, 0) is 19.1 Å². The molecule has 2 aromatic carbocycles. The topological polar surface area (TPSA) is 103 Å². The smallest absolute Gasteiger partial charge is 0.281 e. The molecule has 0 fully saturated rings. The molecule has 0 atom stereocenters. The molecule has 0 unspecified atom stereocenters. The molecule has 0 aliphatic carbocycles. The first-order chi connectivity index (χ1) is 11.8. The lowest BCUT2D eigenvalue weighted by Crippen LogP contribution is -1.94. The predicted molar refractivity (Wildman–Crippen MR) is 96.3 cm³/mol. The van der Waals surface area contributed by atoms with Gasteiger partial charge in [-0.2, -0.15) is 0 Å². The second-order valence-electron chi connectivity index (χ2n) is 4.48. The highest BCUT2D eigenvalue weighted by atomic mass is 35.5. The lowest BCUT2D eigenvalue weighted by atomic mass is 10.1. The van der Waals surface area contributed by atoms with Gasteiger partial charge in [-0.15, -0.1) is 0 Å². The molecule has 2 rings (SSSR count). The summed E-state index contributed by atoms with van der Waals surface area (Å²) >= 11 is 11.3. The zero-order valence-electron chi connectivity index (χ0n) is 12.9. The van der Waals surface area contributed by atoms with Gasteiger partial charge >= 0.3 is 0 Å². The molecule has 0 radical (unpaired) electrons. The maximum atomic E-state index is 10.6. The average molecular weight is 383 g/mol. The van der Waals surface area contributed by atoms with Crippen LogP contribution in [-0.2, 0) is 0 Å². The largest absolute Gasteiger partial charge is 0.298 e. The van der Waals surface area contributed by atoms with Crippen molar-refractivity contribution in [3.05, 3.63) is 83.9 Å². The Bertz CT molecular complexity index is 837. The summed E-state index contributed by atoms with van der Waals surface area (Å²) in [5.41, 5.74) is 0.143. The zero-order chi connectivity index (χ0) is 19.0. The van der Waals surface area contributed by atoms with Gasteiger partial charge in [-0.25, -0.2) is 0 Å². The minimum Gasteiger partial charge on any atom is -0.298 e. The van der Waals surface area contributed by atoms with Crippen LogP contribution in [-0.4, -0.2) is 16.1 Å². The van der Waals surface area contributed by atoms with Crippen LogP contribution in [0.1, 0.15) is 22.8 Å². The number of nitro groups is 2. The van der Waals surface area contributed by atoms with Gasteiger partial charge < -0.3 is 0 Å². The van der Waals surface area contributed by atoms with E-state index < -0.39 is 9.85 Å². The highest BCUT2D eigenvalue weighted by molar-refractivity contribution is 6.33. The van der Waals surface area contributed by atoms with Crippen molar-refractivity contribution in [2.24, 2.45) is 0 Å². The van der Waals surface area contributed by atoms with Crippen molar-refractivity contribution in [2.75, 3.05) is 0 Å². The van der Waals surface area contributed by atoms with Crippen molar-refractivity contribution in [3.63, 3.8) is 0 Å². The van der Waals surface area contributed by atoms with Gasteiger partial charge in [0.25, 0.3) is 11.4 Å².